The molecular formula is C14H19ClN2O2. The van der Waals surface area contributed by atoms with Crippen LogP contribution < -0.4 is 5.32 Å². The summed E-state index contributed by atoms with van der Waals surface area (Å²) in [4.78, 5) is 14.0. The maximum atomic E-state index is 12.0. The number of nitrogens with one attached hydrogen (secondary N) is 1. The number of aliphatic hydroxyl groups excluding tert-OH is 1. The summed E-state index contributed by atoms with van der Waals surface area (Å²) >= 11 is 6.02. The number of carbonyl (C=O) groups is 1. The average Bonchev–Trinajstić information content (AvgIpc) is 3.19. The molecule has 0 radical (unpaired) electrons. The molecule has 2 N–H and O–H groups in total. The van der Waals surface area contributed by atoms with Crippen LogP contribution in [0.3, 0.4) is 0 Å². The third kappa shape index (κ3) is 3.93. The van der Waals surface area contributed by atoms with Crippen molar-refractivity contribution in [1.29, 1.82) is 0 Å². The van der Waals surface area contributed by atoms with E-state index >= 15 is 0 Å². The van der Waals surface area contributed by atoms with Gasteiger partial charge in [0.1, 0.15) is 0 Å². The van der Waals surface area contributed by atoms with Crippen LogP contribution in [0.1, 0.15) is 18.4 Å². The maximum Gasteiger partial charge on any atom is 0.238 e. The first-order chi connectivity index (χ1) is 9.11. The molecule has 1 aromatic rings. The monoisotopic (exact) mass is 282 g/mol. The van der Waals surface area contributed by atoms with Crippen LogP contribution >= 0.6 is 11.6 Å². The molecule has 4 nitrogen and oxygen atoms in total. The van der Waals surface area contributed by atoms with Gasteiger partial charge in [0, 0.05) is 23.3 Å². The van der Waals surface area contributed by atoms with E-state index in [1.54, 1.807) is 6.07 Å². The molecule has 2 rings (SSSR count). The molecule has 104 valence electrons. The topological polar surface area (TPSA) is 52.6 Å². The molecule has 5 heteroatoms. The summed E-state index contributed by atoms with van der Waals surface area (Å²) in [5, 5.41) is 12.5. The number of amides is 1. The van der Waals surface area contributed by atoms with Crippen LogP contribution in [-0.2, 0) is 4.79 Å². The molecule has 1 aliphatic rings. The van der Waals surface area contributed by atoms with Gasteiger partial charge in [0.15, 0.2) is 0 Å². The van der Waals surface area contributed by atoms with Crippen molar-refractivity contribution in [3.63, 3.8) is 0 Å². The predicted octanol–water partition coefficient (Wildman–Crippen LogP) is 2.04. The lowest BCUT2D eigenvalue weighted by atomic mass is 10.2. The highest BCUT2D eigenvalue weighted by Crippen LogP contribution is 2.27. The second-order valence-corrected chi connectivity index (χ2v) is 5.29. The first-order valence-corrected chi connectivity index (χ1v) is 6.89. The molecule has 0 aliphatic heterocycles. The Bertz CT molecular complexity index is 461. The van der Waals surface area contributed by atoms with Crippen LogP contribution in [0.2, 0.25) is 5.02 Å². The Hall–Kier alpha value is -1.10. The first kappa shape index (κ1) is 14.3. The van der Waals surface area contributed by atoms with Crippen LogP contribution in [-0.4, -0.2) is 41.7 Å². The molecule has 0 heterocycles. The van der Waals surface area contributed by atoms with Crippen molar-refractivity contribution in [1.82, 2.24) is 4.90 Å². The number of rotatable bonds is 6. The van der Waals surface area contributed by atoms with Gasteiger partial charge >= 0.3 is 0 Å². The highest BCUT2D eigenvalue weighted by molar-refractivity contribution is 6.31. The standard InChI is InChI=1S/C14H19ClN2O2/c1-10-12(15)3-2-4-13(10)16-14(19)9-17(7-8-18)11-5-6-11/h2-4,11,18H,5-9H2,1H3,(H,16,19). The molecule has 0 atom stereocenters. The quantitative estimate of drug-likeness (QED) is 0.840. The summed E-state index contributed by atoms with van der Waals surface area (Å²) in [6, 6.07) is 5.91. The molecule has 19 heavy (non-hydrogen) atoms. The van der Waals surface area contributed by atoms with E-state index in [0.29, 0.717) is 24.2 Å². The normalized spacial score (nSPS) is 14.7. The van der Waals surface area contributed by atoms with Gasteiger partial charge < -0.3 is 10.4 Å². The molecule has 0 saturated heterocycles. The summed E-state index contributed by atoms with van der Waals surface area (Å²) < 4.78 is 0. The van der Waals surface area contributed by atoms with Crippen molar-refractivity contribution in [2.75, 3.05) is 25.0 Å². The van der Waals surface area contributed by atoms with Gasteiger partial charge in [-0.25, -0.2) is 0 Å². The number of anilines is 1. The summed E-state index contributed by atoms with van der Waals surface area (Å²) in [5.74, 6) is -0.0642. The predicted molar refractivity (Wildman–Crippen MR) is 76.5 cm³/mol. The van der Waals surface area contributed by atoms with Crippen molar-refractivity contribution < 1.29 is 9.90 Å². The molecule has 1 fully saturated rings. The Morgan fingerprint density at radius 2 is 2.26 bits per heavy atom. The van der Waals surface area contributed by atoms with Gasteiger partial charge in [0.05, 0.1) is 13.2 Å². The molecule has 0 bridgehead atoms. The largest absolute Gasteiger partial charge is 0.395 e. The Balaban J connectivity index is 1.94. The minimum atomic E-state index is -0.0642. The summed E-state index contributed by atoms with van der Waals surface area (Å²) in [6.07, 6.45) is 2.23. The second kappa shape index (κ2) is 6.37. The number of hydrogen-bond donors (Lipinski definition) is 2. The van der Waals surface area contributed by atoms with Crippen molar-refractivity contribution in [2.45, 2.75) is 25.8 Å². The highest BCUT2D eigenvalue weighted by Gasteiger charge is 2.29. The van der Waals surface area contributed by atoms with Gasteiger partial charge in [0.25, 0.3) is 0 Å². The zero-order chi connectivity index (χ0) is 13.8. The lowest BCUT2D eigenvalue weighted by Crippen LogP contribution is -2.36. The van der Waals surface area contributed by atoms with Gasteiger partial charge in [-0.1, -0.05) is 17.7 Å². The zero-order valence-corrected chi connectivity index (χ0v) is 11.8. The van der Waals surface area contributed by atoms with Crippen LogP contribution in [0.4, 0.5) is 5.69 Å². The fourth-order valence-electron chi connectivity index (χ4n) is 2.08. The molecule has 0 unspecified atom stereocenters. The smallest absolute Gasteiger partial charge is 0.238 e. The maximum absolute atomic E-state index is 12.0. The number of hydrogen-bond acceptors (Lipinski definition) is 3. The second-order valence-electron chi connectivity index (χ2n) is 4.89. The fourth-order valence-corrected chi connectivity index (χ4v) is 2.25. The number of nitrogens with zero attached hydrogens (tertiary/aromatic N) is 1. The van der Waals surface area contributed by atoms with Gasteiger partial charge in [0.2, 0.25) is 5.91 Å². The molecule has 0 spiro atoms. The van der Waals surface area contributed by atoms with Crippen LogP contribution in [0, 0.1) is 6.92 Å². The van der Waals surface area contributed by atoms with Gasteiger partial charge in [-0.05, 0) is 37.5 Å². The molecule has 1 amide bonds. The summed E-state index contributed by atoms with van der Waals surface area (Å²) in [7, 11) is 0. The van der Waals surface area contributed by atoms with E-state index in [-0.39, 0.29) is 12.5 Å². The van der Waals surface area contributed by atoms with Gasteiger partial charge in [-0.15, -0.1) is 0 Å². The lowest BCUT2D eigenvalue weighted by molar-refractivity contribution is -0.117. The number of aliphatic hydroxyl groups is 1. The molecule has 0 aromatic heterocycles. The number of carbonyl (C=O) groups excluding carboxylic acids is 1. The van der Waals surface area contributed by atoms with Crippen molar-refractivity contribution >= 4 is 23.2 Å². The average molecular weight is 283 g/mol. The van der Waals surface area contributed by atoms with E-state index in [0.717, 1.165) is 24.1 Å². The van der Waals surface area contributed by atoms with Crippen LogP contribution in [0.5, 0.6) is 0 Å². The number of benzene rings is 1. The Labute approximate surface area is 118 Å². The summed E-state index contributed by atoms with van der Waals surface area (Å²) in [6.45, 7) is 2.83. The van der Waals surface area contributed by atoms with E-state index in [1.807, 2.05) is 24.0 Å². The lowest BCUT2D eigenvalue weighted by Gasteiger charge is -2.20. The van der Waals surface area contributed by atoms with Crippen LogP contribution in [0.15, 0.2) is 18.2 Å². The van der Waals surface area contributed by atoms with E-state index in [1.165, 1.54) is 0 Å². The van der Waals surface area contributed by atoms with E-state index < -0.39 is 0 Å². The van der Waals surface area contributed by atoms with Crippen molar-refractivity contribution in [3.05, 3.63) is 28.8 Å². The zero-order valence-electron chi connectivity index (χ0n) is 11.0. The molecule has 1 aromatic carbocycles. The number of halogens is 1. The van der Waals surface area contributed by atoms with E-state index in [4.69, 9.17) is 16.7 Å². The molecule has 1 saturated carbocycles. The fraction of sp³-hybridized carbons (Fsp3) is 0.500. The van der Waals surface area contributed by atoms with Crippen molar-refractivity contribution in [2.24, 2.45) is 0 Å². The van der Waals surface area contributed by atoms with Gasteiger partial charge in [-0.3, -0.25) is 9.69 Å². The Morgan fingerprint density at radius 3 is 2.89 bits per heavy atom. The minimum absolute atomic E-state index is 0.0642. The molecule has 1 aliphatic carbocycles. The Kier molecular flexibility index (Phi) is 4.80. The van der Waals surface area contributed by atoms with E-state index in [9.17, 15) is 4.79 Å². The Morgan fingerprint density at radius 1 is 1.53 bits per heavy atom. The SMILES string of the molecule is Cc1c(Cl)cccc1NC(=O)CN(CCO)C1CC1. The third-order valence-corrected chi connectivity index (χ3v) is 3.75. The first-order valence-electron chi connectivity index (χ1n) is 6.51. The van der Waals surface area contributed by atoms with Gasteiger partial charge in [-0.2, -0.15) is 0 Å². The minimum Gasteiger partial charge on any atom is -0.395 e. The highest BCUT2D eigenvalue weighted by atomic mass is 35.5. The van der Waals surface area contributed by atoms with Crippen molar-refractivity contribution in [3.8, 4) is 0 Å². The van der Waals surface area contributed by atoms with E-state index in [2.05, 4.69) is 5.32 Å². The summed E-state index contributed by atoms with van der Waals surface area (Å²) in [5.41, 5.74) is 1.62. The van der Waals surface area contributed by atoms with Crippen LogP contribution in [0.25, 0.3) is 0 Å². The molecular weight excluding hydrogens is 264 g/mol. The third-order valence-electron chi connectivity index (χ3n) is 3.34.